The van der Waals surface area contributed by atoms with E-state index in [9.17, 15) is 9.18 Å². The van der Waals surface area contributed by atoms with Crippen LogP contribution in [0.2, 0.25) is 0 Å². The van der Waals surface area contributed by atoms with E-state index in [2.05, 4.69) is 10.4 Å². The number of rotatable bonds is 4. The summed E-state index contributed by atoms with van der Waals surface area (Å²) < 4.78 is 25.7. The molecule has 3 aromatic rings. The number of nitrogens with one attached hydrogen (secondary N) is 1. The van der Waals surface area contributed by atoms with Crippen LogP contribution in [-0.4, -0.2) is 29.9 Å². The zero-order valence-corrected chi connectivity index (χ0v) is 14.9. The van der Waals surface area contributed by atoms with Crippen molar-refractivity contribution in [3.8, 4) is 17.2 Å². The van der Waals surface area contributed by atoms with Gasteiger partial charge in [-0.05, 0) is 42.5 Å². The number of ether oxygens (including phenoxy) is 2. The van der Waals surface area contributed by atoms with Crippen LogP contribution in [0.3, 0.4) is 0 Å². The van der Waals surface area contributed by atoms with Gasteiger partial charge in [-0.15, -0.1) is 0 Å². The summed E-state index contributed by atoms with van der Waals surface area (Å²) in [6.45, 7) is 0. The van der Waals surface area contributed by atoms with Gasteiger partial charge in [-0.3, -0.25) is 4.79 Å². The number of amides is 1. The highest BCUT2D eigenvalue weighted by atomic mass is 19.1. The molecular weight excluding hydrogens is 349 g/mol. The van der Waals surface area contributed by atoms with E-state index in [0.717, 1.165) is 11.1 Å². The predicted octanol–water partition coefficient (Wildman–Crippen LogP) is 3.50. The number of anilines is 1. The Bertz CT molecular complexity index is 998. The molecule has 4 rings (SSSR count). The molecule has 1 N–H and O–H groups in total. The van der Waals surface area contributed by atoms with E-state index in [4.69, 9.17) is 9.47 Å². The van der Waals surface area contributed by atoms with Gasteiger partial charge in [0.05, 0.1) is 26.1 Å². The number of carbonyl (C=O) groups is 1. The molecule has 27 heavy (non-hydrogen) atoms. The van der Waals surface area contributed by atoms with Crippen LogP contribution in [0, 0.1) is 5.82 Å². The van der Waals surface area contributed by atoms with Crippen LogP contribution in [0.5, 0.6) is 11.5 Å². The lowest BCUT2D eigenvalue weighted by molar-refractivity contribution is -0.116. The zero-order chi connectivity index (χ0) is 19.0. The van der Waals surface area contributed by atoms with Crippen molar-refractivity contribution < 1.29 is 18.7 Å². The van der Waals surface area contributed by atoms with E-state index in [-0.39, 0.29) is 24.1 Å². The van der Waals surface area contributed by atoms with Crippen molar-refractivity contribution in [2.75, 3.05) is 19.5 Å². The highest BCUT2D eigenvalue weighted by Gasteiger charge is 2.32. The maximum Gasteiger partial charge on any atom is 0.226 e. The standard InChI is InChI=1S/C20H18FN3O3/c1-26-14-7-8-18(27-2)16(9-14)15-10-19(25)23-20-17(15)11-22-24(20)13-5-3-12(21)4-6-13/h3-9,11,15H,10H2,1-2H3,(H,23,25)/t15-/m1/s1. The quantitative estimate of drug-likeness (QED) is 0.766. The Labute approximate surface area is 155 Å². The van der Waals surface area contributed by atoms with Crippen LogP contribution in [0.15, 0.2) is 48.7 Å². The molecule has 0 bridgehead atoms. The van der Waals surface area contributed by atoms with Crippen LogP contribution in [-0.2, 0) is 4.79 Å². The van der Waals surface area contributed by atoms with Crippen LogP contribution in [0.25, 0.3) is 5.69 Å². The molecule has 1 aliphatic rings. The minimum Gasteiger partial charge on any atom is -0.497 e. The van der Waals surface area contributed by atoms with Gasteiger partial charge >= 0.3 is 0 Å². The molecule has 0 spiro atoms. The molecule has 0 unspecified atom stereocenters. The van der Waals surface area contributed by atoms with E-state index >= 15 is 0 Å². The first-order valence-corrected chi connectivity index (χ1v) is 8.46. The van der Waals surface area contributed by atoms with Gasteiger partial charge in [0, 0.05) is 23.5 Å². The first-order valence-electron chi connectivity index (χ1n) is 8.46. The lowest BCUT2D eigenvalue weighted by Crippen LogP contribution is -2.24. The summed E-state index contributed by atoms with van der Waals surface area (Å²) in [6.07, 6.45) is 1.99. The smallest absolute Gasteiger partial charge is 0.226 e. The van der Waals surface area contributed by atoms with Crippen molar-refractivity contribution in [2.24, 2.45) is 0 Å². The highest BCUT2D eigenvalue weighted by Crippen LogP contribution is 2.42. The van der Waals surface area contributed by atoms with Gasteiger partial charge in [-0.1, -0.05) is 0 Å². The van der Waals surface area contributed by atoms with Crippen LogP contribution in [0.1, 0.15) is 23.5 Å². The number of hydrogen-bond acceptors (Lipinski definition) is 4. The van der Waals surface area contributed by atoms with E-state index in [0.29, 0.717) is 23.0 Å². The van der Waals surface area contributed by atoms with Crippen LogP contribution < -0.4 is 14.8 Å². The fraction of sp³-hybridized carbons (Fsp3) is 0.200. The predicted molar refractivity (Wildman–Crippen MR) is 98.2 cm³/mol. The van der Waals surface area contributed by atoms with Gasteiger partial charge in [-0.2, -0.15) is 5.10 Å². The van der Waals surface area contributed by atoms with Crippen molar-refractivity contribution in [3.63, 3.8) is 0 Å². The Morgan fingerprint density at radius 3 is 2.59 bits per heavy atom. The molecule has 138 valence electrons. The molecular formula is C20H18FN3O3. The van der Waals surface area contributed by atoms with E-state index in [1.807, 2.05) is 18.2 Å². The fourth-order valence-electron chi connectivity index (χ4n) is 3.39. The van der Waals surface area contributed by atoms with E-state index in [1.54, 1.807) is 37.2 Å². The van der Waals surface area contributed by atoms with Gasteiger partial charge in [0.15, 0.2) is 0 Å². The molecule has 0 aliphatic carbocycles. The maximum atomic E-state index is 13.2. The molecule has 1 aliphatic heterocycles. The minimum atomic E-state index is -0.331. The van der Waals surface area contributed by atoms with Crippen molar-refractivity contribution >= 4 is 11.7 Å². The first-order chi connectivity index (χ1) is 13.1. The molecule has 2 heterocycles. The lowest BCUT2D eigenvalue weighted by atomic mass is 9.86. The summed E-state index contributed by atoms with van der Waals surface area (Å²) in [5.41, 5.74) is 2.38. The number of nitrogens with zero attached hydrogens (tertiary/aromatic N) is 2. The number of halogens is 1. The molecule has 0 saturated carbocycles. The summed E-state index contributed by atoms with van der Waals surface area (Å²) in [6, 6.07) is 11.5. The molecule has 0 fully saturated rings. The van der Waals surface area contributed by atoms with Gasteiger partial charge < -0.3 is 14.8 Å². The Morgan fingerprint density at radius 2 is 1.89 bits per heavy atom. The Hall–Kier alpha value is -3.35. The van der Waals surface area contributed by atoms with Gasteiger partial charge in [0.1, 0.15) is 23.1 Å². The largest absolute Gasteiger partial charge is 0.497 e. The third kappa shape index (κ3) is 3.01. The number of fused-ring (bicyclic) bond motifs is 1. The minimum absolute atomic E-state index is 0.124. The summed E-state index contributed by atoms with van der Waals surface area (Å²) in [4.78, 5) is 12.4. The van der Waals surface area contributed by atoms with Crippen molar-refractivity contribution in [1.82, 2.24) is 9.78 Å². The van der Waals surface area contributed by atoms with Gasteiger partial charge in [0.25, 0.3) is 0 Å². The van der Waals surface area contributed by atoms with Gasteiger partial charge in [-0.25, -0.2) is 9.07 Å². The summed E-state index contributed by atoms with van der Waals surface area (Å²) in [7, 11) is 3.19. The maximum absolute atomic E-state index is 13.2. The fourth-order valence-corrected chi connectivity index (χ4v) is 3.39. The number of aromatic nitrogens is 2. The third-order valence-electron chi connectivity index (χ3n) is 4.70. The molecule has 2 aromatic carbocycles. The SMILES string of the molecule is COc1ccc(OC)c([C@H]2CC(=O)Nc3c2cnn3-c2ccc(F)cc2)c1. The molecule has 1 aromatic heterocycles. The Morgan fingerprint density at radius 1 is 1.11 bits per heavy atom. The average molecular weight is 367 g/mol. The Balaban J connectivity index is 1.83. The molecule has 0 radical (unpaired) electrons. The number of hydrogen-bond donors (Lipinski definition) is 1. The summed E-state index contributed by atoms with van der Waals surface area (Å²) >= 11 is 0. The van der Waals surface area contributed by atoms with E-state index < -0.39 is 0 Å². The highest BCUT2D eigenvalue weighted by molar-refractivity contribution is 5.94. The first kappa shape index (κ1) is 17.1. The molecule has 6 nitrogen and oxygen atoms in total. The summed E-state index contributed by atoms with van der Waals surface area (Å²) in [5, 5.41) is 7.30. The van der Waals surface area contributed by atoms with Crippen LogP contribution >= 0.6 is 0 Å². The van der Waals surface area contributed by atoms with Crippen molar-refractivity contribution in [2.45, 2.75) is 12.3 Å². The van der Waals surface area contributed by atoms with Crippen molar-refractivity contribution in [1.29, 1.82) is 0 Å². The lowest BCUT2D eigenvalue weighted by Gasteiger charge is -2.25. The molecule has 0 saturated heterocycles. The number of carbonyl (C=O) groups excluding carboxylic acids is 1. The Kier molecular flexibility index (Phi) is 4.27. The summed E-state index contributed by atoms with van der Waals surface area (Å²) in [5.74, 6) is 1.25. The van der Waals surface area contributed by atoms with Crippen LogP contribution in [0.4, 0.5) is 10.2 Å². The third-order valence-corrected chi connectivity index (χ3v) is 4.70. The second-order valence-electron chi connectivity index (χ2n) is 6.25. The zero-order valence-electron chi connectivity index (χ0n) is 14.9. The second-order valence-corrected chi connectivity index (χ2v) is 6.25. The monoisotopic (exact) mass is 367 g/mol. The second kappa shape index (κ2) is 6.75. The molecule has 1 atom stereocenters. The average Bonchev–Trinajstić information content (AvgIpc) is 3.11. The topological polar surface area (TPSA) is 65.4 Å². The van der Waals surface area contributed by atoms with E-state index in [1.165, 1.54) is 12.1 Å². The molecule has 1 amide bonds. The number of methoxy groups -OCH3 is 2. The van der Waals surface area contributed by atoms with Crippen molar-refractivity contribution in [3.05, 3.63) is 65.6 Å². The molecule has 7 heteroatoms. The number of benzene rings is 2. The normalized spacial score (nSPS) is 15.8. The van der Waals surface area contributed by atoms with Gasteiger partial charge in [0.2, 0.25) is 5.91 Å².